The topological polar surface area (TPSA) is 106 Å². The first kappa shape index (κ1) is 16.7. The highest BCUT2D eigenvalue weighted by Gasteiger charge is 2.19. The third-order valence-corrected chi connectivity index (χ3v) is 3.54. The van der Waals surface area contributed by atoms with Gasteiger partial charge in [0.1, 0.15) is 11.1 Å². The maximum Gasteiger partial charge on any atom is 0.413 e. The molecule has 0 aliphatic rings. The van der Waals surface area contributed by atoms with Crippen LogP contribution in [0.5, 0.6) is 0 Å². The van der Waals surface area contributed by atoms with Crippen LogP contribution >= 0.6 is 0 Å². The molecule has 8 heteroatoms. The number of ether oxygens (including phenoxy) is 1. The number of aryl methyl sites for hydroxylation is 1. The van der Waals surface area contributed by atoms with Gasteiger partial charge in [-0.2, -0.15) is 0 Å². The van der Waals surface area contributed by atoms with Crippen molar-refractivity contribution in [2.24, 2.45) is 0 Å². The van der Waals surface area contributed by atoms with E-state index in [4.69, 9.17) is 4.74 Å². The van der Waals surface area contributed by atoms with E-state index in [0.29, 0.717) is 27.9 Å². The summed E-state index contributed by atoms with van der Waals surface area (Å²) in [5, 5.41) is 11.9. The third kappa shape index (κ3) is 3.23. The number of aromatic carboxylic acids is 1. The third-order valence-electron chi connectivity index (χ3n) is 3.54. The molecule has 0 unspecified atom stereocenters. The van der Waals surface area contributed by atoms with E-state index in [2.05, 4.69) is 15.3 Å². The Hall–Kier alpha value is -3.16. The Kier molecular flexibility index (Phi) is 3.82. The molecule has 2 heterocycles. The number of benzene rings is 1. The van der Waals surface area contributed by atoms with Crippen LogP contribution in [0.4, 0.5) is 10.6 Å². The summed E-state index contributed by atoms with van der Waals surface area (Å²) < 4.78 is 6.94. The van der Waals surface area contributed by atoms with E-state index in [0.717, 1.165) is 0 Å². The molecule has 0 saturated heterocycles. The largest absolute Gasteiger partial charge is 0.478 e. The van der Waals surface area contributed by atoms with E-state index < -0.39 is 17.7 Å². The van der Waals surface area contributed by atoms with E-state index in [9.17, 15) is 14.7 Å². The molecule has 0 saturated carbocycles. The minimum Gasteiger partial charge on any atom is -0.478 e. The van der Waals surface area contributed by atoms with Gasteiger partial charge < -0.3 is 9.84 Å². The smallest absolute Gasteiger partial charge is 0.413 e. The van der Waals surface area contributed by atoms with Crippen LogP contribution in [0.15, 0.2) is 24.7 Å². The summed E-state index contributed by atoms with van der Waals surface area (Å²) in [5.41, 5.74) is 1.81. The summed E-state index contributed by atoms with van der Waals surface area (Å²) in [7, 11) is 0. The highest BCUT2D eigenvalue weighted by Crippen LogP contribution is 2.25. The van der Waals surface area contributed by atoms with Gasteiger partial charge in [0.2, 0.25) is 0 Å². The molecule has 0 radical (unpaired) electrons. The van der Waals surface area contributed by atoms with Gasteiger partial charge in [-0.15, -0.1) is 0 Å². The zero-order valence-corrected chi connectivity index (χ0v) is 14.3. The minimum absolute atomic E-state index is 0.192. The second-order valence-corrected chi connectivity index (χ2v) is 6.70. The van der Waals surface area contributed by atoms with Gasteiger partial charge in [-0.05, 0) is 45.4 Å². The van der Waals surface area contributed by atoms with Crippen molar-refractivity contribution < 1.29 is 19.4 Å². The molecule has 0 atom stereocenters. The number of hydrogen-bond donors (Lipinski definition) is 2. The molecule has 3 aromatic rings. The van der Waals surface area contributed by atoms with E-state index in [1.54, 1.807) is 56.8 Å². The Bertz CT molecular complexity index is 1000. The Morgan fingerprint density at radius 3 is 2.60 bits per heavy atom. The van der Waals surface area contributed by atoms with Crippen molar-refractivity contribution in [1.82, 2.24) is 14.4 Å². The van der Waals surface area contributed by atoms with E-state index in [1.165, 1.54) is 0 Å². The van der Waals surface area contributed by atoms with Crippen LogP contribution in [0.25, 0.3) is 16.6 Å². The number of rotatable bonds is 2. The standard InChI is InChI=1S/C17H18N4O4/c1-9-5-11-12(6-10(9)15(22)23)21-8-18-7-13(21)14(19-11)20-16(24)25-17(2,3)4/h5-8H,1-4H3,(H,22,23)(H,19,20,24). The molecule has 25 heavy (non-hydrogen) atoms. The van der Waals surface area contributed by atoms with E-state index in [-0.39, 0.29) is 5.56 Å². The number of hydrogen-bond acceptors (Lipinski definition) is 5. The SMILES string of the molecule is Cc1cc2nc(NC(=O)OC(C)(C)C)c3cncn3c2cc1C(=O)O. The lowest BCUT2D eigenvalue weighted by Gasteiger charge is -2.19. The number of nitrogens with zero attached hydrogens (tertiary/aromatic N) is 3. The van der Waals surface area contributed by atoms with Crippen LogP contribution in [0.3, 0.4) is 0 Å². The molecule has 0 aliphatic carbocycles. The Morgan fingerprint density at radius 1 is 1.24 bits per heavy atom. The lowest BCUT2D eigenvalue weighted by atomic mass is 10.1. The molecular formula is C17H18N4O4. The van der Waals surface area contributed by atoms with Crippen LogP contribution in [-0.2, 0) is 4.74 Å². The second-order valence-electron chi connectivity index (χ2n) is 6.70. The van der Waals surface area contributed by atoms with E-state index >= 15 is 0 Å². The summed E-state index contributed by atoms with van der Waals surface area (Å²) in [6.07, 6.45) is 2.46. The van der Waals surface area contributed by atoms with Gasteiger partial charge in [-0.1, -0.05) is 0 Å². The molecule has 8 nitrogen and oxygen atoms in total. The van der Waals surface area contributed by atoms with Gasteiger partial charge in [0.05, 0.1) is 29.1 Å². The highest BCUT2D eigenvalue weighted by molar-refractivity contribution is 5.97. The molecule has 0 aliphatic heterocycles. The molecule has 130 valence electrons. The first-order valence-electron chi connectivity index (χ1n) is 7.65. The summed E-state index contributed by atoms with van der Waals surface area (Å²) in [5.74, 6) is -0.717. The maximum atomic E-state index is 12.1. The Labute approximate surface area is 143 Å². The fraction of sp³-hybridized carbons (Fsp3) is 0.294. The minimum atomic E-state index is -1.01. The van der Waals surface area contributed by atoms with Crippen molar-refractivity contribution in [3.8, 4) is 0 Å². The average molecular weight is 342 g/mol. The number of carbonyl (C=O) groups is 2. The highest BCUT2D eigenvalue weighted by atomic mass is 16.6. The fourth-order valence-electron chi connectivity index (χ4n) is 2.53. The summed E-state index contributed by atoms with van der Waals surface area (Å²) in [6.45, 7) is 7.01. The van der Waals surface area contributed by atoms with Crippen LogP contribution < -0.4 is 5.32 Å². The van der Waals surface area contributed by atoms with Crippen molar-refractivity contribution >= 4 is 34.4 Å². The van der Waals surface area contributed by atoms with Crippen LogP contribution in [-0.4, -0.2) is 37.1 Å². The predicted octanol–water partition coefficient (Wildman–Crippen LogP) is 3.24. The lowest BCUT2D eigenvalue weighted by molar-refractivity contribution is 0.0633. The summed E-state index contributed by atoms with van der Waals surface area (Å²) in [6, 6.07) is 3.21. The Morgan fingerprint density at radius 2 is 1.96 bits per heavy atom. The van der Waals surface area contributed by atoms with Crippen molar-refractivity contribution in [2.75, 3.05) is 5.32 Å². The van der Waals surface area contributed by atoms with Gasteiger partial charge in [-0.3, -0.25) is 9.72 Å². The molecule has 0 fully saturated rings. The number of carboxylic acid groups (broad SMARTS) is 1. The molecule has 2 aromatic heterocycles. The first-order valence-corrected chi connectivity index (χ1v) is 7.65. The number of amides is 1. The quantitative estimate of drug-likeness (QED) is 0.740. The van der Waals surface area contributed by atoms with Gasteiger partial charge in [-0.25, -0.2) is 19.6 Å². The number of anilines is 1. The monoisotopic (exact) mass is 342 g/mol. The number of carbonyl (C=O) groups excluding carboxylic acids is 1. The van der Waals surface area contributed by atoms with Crippen molar-refractivity contribution in [3.63, 3.8) is 0 Å². The number of aromatic nitrogens is 3. The average Bonchev–Trinajstić information content (AvgIpc) is 2.94. The van der Waals surface area contributed by atoms with Crippen LogP contribution in [0.1, 0.15) is 36.7 Å². The van der Waals surface area contributed by atoms with Crippen molar-refractivity contribution in [3.05, 3.63) is 35.8 Å². The molecule has 2 N–H and O–H groups in total. The zero-order valence-electron chi connectivity index (χ0n) is 14.3. The predicted molar refractivity (Wildman–Crippen MR) is 92.0 cm³/mol. The van der Waals surface area contributed by atoms with Gasteiger partial charge in [0.25, 0.3) is 0 Å². The molecular weight excluding hydrogens is 324 g/mol. The number of fused-ring (bicyclic) bond motifs is 3. The molecule has 1 amide bonds. The fourth-order valence-corrected chi connectivity index (χ4v) is 2.53. The van der Waals surface area contributed by atoms with E-state index in [1.807, 2.05) is 0 Å². The Balaban J connectivity index is 2.14. The van der Waals surface area contributed by atoms with Gasteiger partial charge >= 0.3 is 12.1 Å². The number of imidazole rings is 1. The van der Waals surface area contributed by atoms with Gasteiger partial charge in [0.15, 0.2) is 5.82 Å². The van der Waals surface area contributed by atoms with Gasteiger partial charge in [0, 0.05) is 0 Å². The molecule has 0 spiro atoms. The first-order chi connectivity index (χ1) is 11.7. The molecule has 3 rings (SSSR count). The number of nitrogens with one attached hydrogen (secondary N) is 1. The lowest BCUT2D eigenvalue weighted by Crippen LogP contribution is -2.27. The maximum absolute atomic E-state index is 12.1. The van der Waals surface area contributed by atoms with Crippen LogP contribution in [0.2, 0.25) is 0 Å². The second kappa shape index (κ2) is 5.73. The normalized spacial score (nSPS) is 11.7. The molecule has 0 bridgehead atoms. The van der Waals surface area contributed by atoms with Crippen LogP contribution in [0, 0.1) is 6.92 Å². The van der Waals surface area contributed by atoms with Crippen molar-refractivity contribution in [2.45, 2.75) is 33.3 Å². The summed E-state index contributed by atoms with van der Waals surface area (Å²) >= 11 is 0. The van der Waals surface area contributed by atoms with Crippen molar-refractivity contribution in [1.29, 1.82) is 0 Å². The summed E-state index contributed by atoms with van der Waals surface area (Å²) in [4.78, 5) is 31.9. The number of carboxylic acids is 1. The molecule has 1 aromatic carbocycles. The zero-order chi connectivity index (χ0) is 18.4.